The van der Waals surface area contributed by atoms with Crippen LogP contribution in [-0.4, -0.2) is 18.1 Å². The summed E-state index contributed by atoms with van der Waals surface area (Å²) in [6, 6.07) is 0. The van der Waals surface area contributed by atoms with Gasteiger partial charge in [-0.2, -0.15) is 0 Å². The summed E-state index contributed by atoms with van der Waals surface area (Å²) in [6.07, 6.45) is 14.6. The van der Waals surface area contributed by atoms with Crippen LogP contribution in [0.5, 0.6) is 0 Å². The van der Waals surface area contributed by atoms with Crippen LogP contribution in [0.1, 0.15) is 37.1 Å². The molecule has 1 aromatic heterocycles. The van der Waals surface area contributed by atoms with Gasteiger partial charge in [-0.25, -0.2) is 0 Å². The summed E-state index contributed by atoms with van der Waals surface area (Å²) >= 11 is 0. The average Bonchev–Trinajstić information content (AvgIpc) is 2.72. The summed E-state index contributed by atoms with van der Waals surface area (Å²) in [5, 5.41) is 3.36. The van der Waals surface area contributed by atoms with Gasteiger partial charge < -0.3 is 10.3 Å². The summed E-state index contributed by atoms with van der Waals surface area (Å²) in [7, 11) is 0. The average molecular weight is 240 g/mol. The predicted octanol–water partition coefficient (Wildman–Crippen LogP) is 3.46. The zero-order valence-corrected chi connectivity index (χ0v) is 11.1. The summed E-state index contributed by atoms with van der Waals surface area (Å²) in [6.45, 7) is 6.53. The Bertz CT molecular complexity index is 541. The van der Waals surface area contributed by atoms with E-state index in [1.165, 1.54) is 22.4 Å². The zero-order valence-electron chi connectivity index (χ0n) is 11.1. The lowest BCUT2D eigenvalue weighted by Crippen LogP contribution is -2.20. The summed E-state index contributed by atoms with van der Waals surface area (Å²) in [5.41, 5.74) is 5.53. The van der Waals surface area contributed by atoms with Gasteiger partial charge in [-0.15, -0.1) is 0 Å². The lowest BCUT2D eigenvalue weighted by Gasteiger charge is -2.14. The van der Waals surface area contributed by atoms with Gasteiger partial charge >= 0.3 is 0 Å². The molecule has 0 unspecified atom stereocenters. The van der Waals surface area contributed by atoms with Gasteiger partial charge in [0, 0.05) is 35.0 Å². The molecule has 2 heteroatoms. The maximum atomic E-state index is 3.40. The first-order chi connectivity index (χ1) is 8.66. The third-order valence-electron chi connectivity index (χ3n) is 3.72. The van der Waals surface area contributed by atoms with Gasteiger partial charge in [-0.05, 0) is 24.6 Å². The third-order valence-corrected chi connectivity index (χ3v) is 3.72. The fourth-order valence-corrected chi connectivity index (χ4v) is 2.55. The van der Waals surface area contributed by atoms with Crippen molar-refractivity contribution in [3.05, 3.63) is 41.2 Å². The number of allylic oxidation sites excluding steroid dienone is 2. The van der Waals surface area contributed by atoms with Crippen molar-refractivity contribution in [3.63, 3.8) is 0 Å². The number of nitrogens with one attached hydrogen (secondary N) is 2. The second kappa shape index (κ2) is 4.29. The van der Waals surface area contributed by atoms with E-state index >= 15 is 0 Å². The monoisotopic (exact) mass is 240 g/mol. The fraction of sp³-hybridized carbons (Fsp3) is 0.375. The van der Waals surface area contributed by atoms with Gasteiger partial charge in [-0.1, -0.05) is 38.2 Å². The maximum absolute atomic E-state index is 3.40. The third kappa shape index (κ3) is 2.08. The Labute approximate surface area is 108 Å². The van der Waals surface area contributed by atoms with E-state index in [9.17, 15) is 0 Å². The molecule has 0 radical (unpaired) electrons. The molecule has 0 aromatic carbocycles. The van der Waals surface area contributed by atoms with Crippen molar-refractivity contribution in [2.24, 2.45) is 5.41 Å². The predicted molar refractivity (Wildman–Crippen MR) is 78.1 cm³/mol. The molecule has 94 valence electrons. The zero-order chi connectivity index (χ0) is 12.6. The first-order valence-electron chi connectivity index (χ1n) is 6.66. The Morgan fingerprint density at radius 2 is 2.00 bits per heavy atom. The van der Waals surface area contributed by atoms with Gasteiger partial charge in [-0.3, -0.25) is 0 Å². The Kier molecular flexibility index (Phi) is 2.75. The molecule has 2 heterocycles. The van der Waals surface area contributed by atoms with Crippen molar-refractivity contribution in [2.75, 3.05) is 13.1 Å². The molecule has 18 heavy (non-hydrogen) atoms. The number of hydrogen-bond donors (Lipinski definition) is 2. The molecule has 0 amide bonds. The molecular weight excluding hydrogens is 220 g/mol. The van der Waals surface area contributed by atoms with Crippen molar-refractivity contribution < 1.29 is 0 Å². The van der Waals surface area contributed by atoms with E-state index in [4.69, 9.17) is 0 Å². The number of fused-ring (bicyclic) bond motifs is 1. The van der Waals surface area contributed by atoms with Gasteiger partial charge in [0.2, 0.25) is 0 Å². The fourth-order valence-electron chi connectivity index (χ4n) is 2.55. The molecule has 0 spiro atoms. The molecule has 3 rings (SSSR count). The van der Waals surface area contributed by atoms with Crippen LogP contribution < -0.4 is 5.32 Å². The molecular formula is C16H20N2. The Morgan fingerprint density at radius 1 is 1.17 bits per heavy atom. The smallest absolute Gasteiger partial charge is 0.0457 e. The molecule has 0 saturated heterocycles. The molecule has 0 fully saturated rings. The number of aromatic nitrogens is 1. The van der Waals surface area contributed by atoms with Crippen LogP contribution in [0.3, 0.4) is 0 Å². The number of H-pyrrole nitrogens is 1. The topological polar surface area (TPSA) is 27.8 Å². The minimum Gasteiger partial charge on any atom is -0.361 e. The van der Waals surface area contributed by atoms with Crippen LogP contribution >= 0.6 is 0 Å². The number of hydrogen-bond acceptors (Lipinski definition) is 1. The van der Waals surface area contributed by atoms with Crippen LogP contribution in [-0.2, 0) is 0 Å². The summed E-state index contributed by atoms with van der Waals surface area (Å²) in [4.78, 5) is 3.40. The van der Waals surface area contributed by atoms with Crippen LogP contribution in [0.15, 0.2) is 24.4 Å². The first-order valence-corrected chi connectivity index (χ1v) is 6.66. The van der Waals surface area contributed by atoms with Gasteiger partial charge in [0.05, 0.1) is 0 Å². The minimum atomic E-state index is 0.139. The van der Waals surface area contributed by atoms with Crippen molar-refractivity contribution >= 4 is 17.7 Å². The normalized spacial score (nSPS) is 21.3. The second-order valence-electron chi connectivity index (χ2n) is 5.70. The largest absolute Gasteiger partial charge is 0.361 e. The van der Waals surface area contributed by atoms with Crippen LogP contribution in [0, 0.1) is 5.41 Å². The van der Waals surface area contributed by atoms with Crippen LogP contribution in [0.25, 0.3) is 17.7 Å². The molecule has 1 aliphatic heterocycles. The second-order valence-corrected chi connectivity index (χ2v) is 5.70. The van der Waals surface area contributed by atoms with Crippen molar-refractivity contribution in [2.45, 2.75) is 20.3 Å². The van der Waals surface area contributed by atoms with Crippen LogP contribution in [0.2, 0.25) is 0 Å². The van der Waals surface area contributed by atoms with Crippen LogP contribution in [0.4, 0.5) is 0 Å². The van der Waals surface area contributed by atoms with E-state index in [-0.39, 0.29) is 5.41 Å². The molecule has 0 saturated carbocycles. The highest BCUT2D eigenvalue weighted by atomic mass is 14.8. The highest BCUT2D eigenvalue weighted by Crippen LogP contribution is 2.32. The summed E-state index contributed by atoms with van der Waals surface area (Å²) < 4.78 is 0. The highest BCUT2D eigenvalue weighted by Gasteiger charge is 2.17. The molecule has 1 aromatic rings. The lowest BCUT2D eigenvalue weighted by molar-refractivity contribution is 0.633. The van der Waals surface area contributed by atoms with Gasteiger partial charge in [0.15, 0.2) is 0 Å². The van der Waals surface area contributed by atoms with E-state index in [1.54, 1.807) is 0 Å². The summed E-state index contributed by atoms with van der Waals surface area (Å²) in [5.74, 6) is 0. The quantitative estimate of drug-likeness (QED) is 0.773. The van der Waals surface area contributed by atoms with E-state index < -0.39 is 0 Å². The van der Waals surface area contributed by atoms with Crippen molar-refractivity contribution in [1.82, 2.24) is 10.3 Å². The molecule has 0 atom stereocenters. The van der Waals surface area contributed by atoms with E-state index in [0.29, 0.717) is 0 Å². The highest BCUT2D eigenvalue weighted by molar-refractivity contribution is 5.80. The van der Waals surface area contributed by atoms with Gasteiger partial charge in [0.25, 0.3) is 0 Å². The molecule has 2 nitrogen and oxygen atoms in total. The Hall–Kier alpha value is -1.54. The van der Waals surface area contributed by atoms with Gasteiger partial charge in [0.1, 0.15) is 0 Å². The maximum Gasteiger partial charge on any atom is 0.0457 e. The molecule has 1 aliphatic carbocycles. The van der Waals surface area contributed by atoms with Crippen molar-refractivity contribution in [1.29, 1.82) is 0 Å². The number of aromatic amines is 1. The van der Waals surface area contributed by atoms with E-state index in [1.807, 2.05) is 0 Å². The Morgan fingerprint density at radius 3 is 2.78 bits per heavy atom. The van der Waals surface area contributed by atoms with Crippen molar-refractivity contribution in [3.8, 4) is 0 Å². The number of rotatable bonds is 1. The standard InChI is InChI=1S/C16H20N2/c1-16(2)7-3-13-14(11-18-15(13)4-8-16)12-5-9-17-10-6-12/h3-5,7-8,11,17-18H,6,9-10H2,1-2H3. The van der Waals surface area contributed by atoms with E-state index in [2.05, 4.69) is 60.7 Å². The first kappa shape index (κ1) is 11.5. The van der Waals surface area contributed by atoms with E-state index in [0.717, 1.165) is 19.5 Å². The minimum absolute atomic E-state index is 0.139. The Balaban J connectivity index is 2.04. The lowest BCUT2D eigenvalue weighted by atomic mass is 9.92. The molecule has 2 aliphatic rings. The molecule has 2 N–H and O–H groups in total. The SMILES string of the molecule is CC1(C)C=Cc2[nH]cc(C3=CCNCC3)c2C=C1. The molecule has 0 bridgehead atoms.